The molecule has 2 rings (SSSR count). The average molecular weight is 983 g/mol. The Labute approximate surface area is 416 Å². The fourth-order valence-electron chi connectivity index (χ4n) is 8.34. The van der Waals surface area contributed by atoms with Crippen LogP contribution < -0.4 is 0 Å². The van der Waals surface area contributed by atoms with Crippen LogP contribution in [-0.2, 0) is 33.2 Å². The van der Waals surface area contributed by atoms with Crippen molar-refractivity contribution in [3.05, 3.63) is 48.6 Å². The van der Waals surface area contributed by atoms with Gasteiger partial charge in [-0.1, -0.05) is 159 Å². The number of aliphatic hydroxyl groups excluding tert-OH is 7. The van der Waals surface area contributed by atoms with Crippen molar-refractivity contribution < 1.29 is 69.0 Å². The molecule has 0 saturated carbocycles. The highest BCUT2D eigenvalue weighted by Gasteiger charge is 2.47. The molecular formula is C55H98O14. The molecule has 11 unspecified atom stereocenters. The topological polar surface area (TPSA) is 214 Å². The molecule has 0 amide bonds. The lowest BCUT2D eigenvalue weighted by Gasteiger charge is -2.42. The zero-order valence-corrected chi connectivity index (χ0v) is 42.8. The van der Waals surface area contributed by atoms with E-state index >= 15 is 0 Å². The van der Waals surface area contributed by atoms with Gasteiger partial charge < -0.3 is 64.2 Å². The van der Waals surface area contributed by atoms with Crippen LogP contribution in [0.5, 0.6) is 0 Å². The summed E-state index contributed by atoms with van der Waals surface area (Å²) in [6, 6.07) is 0. The molecule has 0 aromatic rings. The molecule has 0 bridgehead atoms. The summed E-state index contributed by atoms with van der Waals surface area (Å²) in [5.74, 6) is -0.388. The van der Waals surface area contributed by atoms with Gasteiger partial charge in [-0.05, 0) is 77.0 Å². The number of ether oxygens (including phenoxy) is 6. The number of rotatable bonds is 43. The van der Waals surface area contributed by atoms with E-state index < -0.39 is 80.7 Å². The van der Waals surface area contributed by atoms with Gasteiger partial charge in [0.1, 0.15) is 54.9 Å². The highest BCUT2D eigenvalue weighted by atomic mass is 16.7. The maximum absolute atomic E-state index is 13.0. The molecule has 7 N–H and O–H groups in total. The van der Waals surface area contributed by atoms with Crippen LogP contribution in [0.1, 0.15) is 194 Å². The monoisotopic (exact) mass is 983 g/mol. The molecule has 402 valence electrons. The molecule has 2 aliphatic heterocycles. The summed E-state index contributed by atoms with van der Waals surface area (Å²) in [4.78, 5) is 13.0. The van der Waals surface area contributed by atoms with Crippen LogP contribution >= 0.6 is 0 Å². The summed E-state index contributed by atoms with van der Waals surface area (Å²) >= 11 is 0. The second-order valence-electron chi connectivity index (χ2n) is 19.0. The average Bonchev–Trinajstić information content (AvgIpc) is 3.35. The van der Waals surface area contributed by atoms with Crippen LogP contribution in [0, 0.1) is 0 Å². The van der Waals surface area contributed by atoms with Crippen LogP contribution in [0.25, 0.3) is 0 Å². The molecule has 2 aliphatic rings. The van der Waals surface area contributed by atoms with Gasteiger partial charge >= 0.3 is 5.97 Å². The fraction of sp³-hybridized carbons (Fsp3) is 0.836. The van der Waals surface area contributed by atoms with Crippen LogP contribution in [0.3, 0.4) is 0 Å². The van der Waals surface area contributed by atoms with E-state index in [-0.39, 0.29) is 25.6 Å². The Hall–Kier alpha value is -2.05. The van der Waals surface area contributed by atoms with E-state index in [0.29, 0.717) is 13.0 Å². The number of aliphatic hydroxyl groups is 7. The summed E-state index contributed by atoms with van der Waals surface area (Å²) < 4.78 is 34.3. The van der Waals surface area contributed by atoms with Gasteiger partial charge in [0.2, 0.25) is 0 Å². The molecule has 0 aromatic heterocycles. The van der Waals surface area contributed by atoms with Gasteiger partial charge in [-0.25, -0.2) is 0 Å². The third kappa shape index (κ3) is 29.9. The predicted octanol–water partition coefficient (Wildman–Crippen LogP) is 8.74. The lowest BCUT2D eigenvalue weighted by molar-refractivity contribution is -0.332. The molecule has 2 saturated heterocycles. The number of hydrogen-bond acceptors (Lipinski definition) is 14. The van der Waals surface area contributed by atoms with Gasteiger partial charge in [-0.3, -0.25) is 4.79 Å². The Morgan fingerprint density at radius 1 is 0.478 bits per heavy atom. The molecule has 0 aliphatic carbocycles. The van der Waals surface area contributed by atoms with Gasteiger partial charge in [0.15, 0.2) is 12.6 Å². The molecule has 69 heavy (non-hydrogen) atoms. The standard InChI is InChI=1S/C55H98O14/c1-3-5-7-9-11-13-15-17-19-21-22-24-26-28-30-32-34-36-38-47(57)67-44(41-64-39-37-35-33-31-29-27-25-23-20-18-16-14-12-10-8-6-4-2)42-65-54-53(63)51(61)49(59)46(69-54)43-66-55-52(62)50(60)48(58)45(40-56)68-55/h13-16,19-21,23,44-46,48-56,58-63H,3-12,17-18,22,24-43H2,1-2H3/b15-13-,16-14-,21-19-,23-20-. The van der Waals surface area contributed by atoms with Crippen molar-refractivity contribution in [2.24, 2.45) is 0 Å². The number of allylic oxidation sites excluding steroid dienone is 8. The predicted molar refractivity (Wildman–Crippen MR) is 270 cm³/mol. The second kappa shape index (κ2) is 42.5. The van der Waals surface area contributed by atoms with E-state index in [0.717, 1.165) is 70.6 Å². The lowest BCUT2D eigenvalue weighted by atomic mass is 9.98. The first-order chi connectivity index (χ1) is 33.6. The largest absolute Gasteiger partial charge is 0.457 e. The Morgan fingerprint density at radius 2 is 0.899 bits per heavy atom. The van der Waals surface area contributed by atoms with Crippen molar-refractivity contribution in [2.75, 3.05) is 33.0 Å². The molecule has 2 fully saturated rings. The molecule has 0 aromatic carbocycles. The van der Waals surface area contributed by atoms with Crippen molar-refractivity contribution >= 4 is 5.97 Å². The minimum atomic E-state index is -1.71. The maximum Gasteiger partial charge on any atom is 0.306 e. The summed E-state index contributed by atoms with van der Waals surface area (Å²) in [5, 5.41) is 72.2. The Kier molecular flexibility index (Phi) is 38.8. The molecule has 2 heterocycles. The maximum atomic E-state index is 13.0. The molecule has 0 radical (unpaired) electrons. The van der Waals surface area contributed by atoms with Gasteiger partial charge in [0.05, 0.1) is 26.4 Å². The van der Waals surface area contributed by atoms with Gasteiger partial charge in [0, 0.05) is 13.0 Å². The summed E-state index contributed by atoms with van der Waals surface area (Å²) in [6.07, 6.45) is 33.0. The van der Waals surface area contributed by atoms with Crippen LogP contribution in [-0.4, -0.2) is 142 Å². The molecule has 0 spiro atoms. The van der Waals surface area contributed by atoms with Gasteiger partial charge in [-0.15, -0.1) is 0 Å². The number of hydrogen-bond donors (Lipinski definition) is 7. The summed E-state index contributed by atoms with van der Waals surface area (Å²) in [7, 11) is 0. The van der Waals surface area contributed by atoms with Crippen molar-refractivity contribution in [3.63, 3.8) is 0 Å². The summed E-state index contributed by atoms with van der Waals surface area (Å²) in [5.41, 5.74) is 0. The normalized spacial score (nSPS) is 26.0. The minimum Gasteiger partial charge on any atom is -0.457 e. The van der Waals surface area contributed by atoms with Gasteiger partial charge in [-0.2, -0.15) is 0 Å². The van der Waals surface area contributed by atoms with Gasteiger partial charge in [0.25, 0.3) is 0 Å². The molecule has 11 atom stereocenters. The smallest absolute Gasteiger partial charge is 0.306 e. The zero-order valence-electron chi connectivity index (χ0n) is 42.8. The molecular weight excluding hydrogens is 885 g/mol. The first-order valence-electron chi connectivity index (χ1n) is 27.2. The zero-order chi connectivity index (χ0) is 50.2. The fourth-order valence-corrected chi connectivity index (χ4v) is 8.34. The Morgan fingerprint density at radius 3 is 1.39 bits per heavy atom. The number of unbranched alkanes of at least 4 members (excludes halogenated alkanes) is 21. The van der Waals surface area contributed by atoms with Crippen molar-refractivity contribution in [1.82, 2.24) is 0 Å². The minimum absolute atomic E-state index is 0.0504. The second-order valence-corrected chi connectivity index (χ2v) is 19.0. The van der Waals surface area contributed by atoms with E-state index in [4.69, 9.17) is 28.4 Å². The third-order valence-electron chi connectivity index (χ3n) is 12.8. The summed E-state index contributed by atoms with van der Waals surface area (Å²) in [6.45, 7) is 3.62. The highest BCUT2D eigenvalue weighted by molar-refractivity contribution is 5.69. The third-order valence-corrected chi connectivity index (χ3v) is 12.8. The number of carbonyl (C=O) groups is 1. The van der Waals surface area contributed by atoms with Crippen molar-refractivity contribution in [1.29, 1.82) is 0 Å². The van der Waals surface area contributed by atoms with Crippen LogP contribution in [0.2, 0.25) is 0 Å². The molecule has 14 heteroatoms. The van der Waals surface area contributed by atoms with E-state index in [9.17, 15) is 40.5 Å². The van der Waals surface area contributed by atoms with Crippen molar-refractivity contribution in [2.45, 2.75) is 261 Å². The van der Waals surface area contributed by atoms with E-state index in [2.05, 4.69) is 62.5 Å². The first-order valence-corrected chi connectivity index (χ1v) is 27.2. The highest BCUT2D eigenvalue weighted by Crippen LogP contribution is 2.26. The Balaban J connectivity index is 1.76. The van der Waals surface area contributed by atoms with Crippen molar-refractivity contribution in [3.8, 4) is 0 Å². The van der Waals surface area contributed by atoms with E-state index in [1.54, 1.807) is 0 Å². The molecule has 14 nitrogen and oxygen atoms in total. The number of carbonyl (C=O) groups excluding carboxylic acids is 1. The lowest BCUT2D eigenvalue weighted by Crippen LogP contribution is -2.61. The van der Waals surface area contributed by atoms with E-state index in [1.165, 1.54) is 96.3 Å². The Bertz CT molecular complexity index is 1320. The SMILES string of the molecule is CCCCCC/C=C\C/C=C\CCCCCCCCCC(=O)OC(COCCCCCCCC/C=C\C/C=C\CCCCCC)COC1OC(COC2OC(CO)C(O)C(O)C2O)C(O)C(O)C1O. The number of esters is 1. The van der Waals surface area contributed by atoms with Crippen LogP contribution in [0.15, 0.2) is 48.6 Å². The van der Waals surface area contributed by atoms with E-state index in [1.807, 2.05) is 0 Å². The van der Waals surface area contributed by atoms with Crippen LogP contribution in [0.4, 0.5) is 0 Å². The first kappa shape index (κ1) is 63.1. The quantitative estimate of drug-likeness (QED) is 0.0173.